The minimum Gasteiger partial charge on any atom is -0.355 e. The largest absolute Gasteiger partial charge is 0.679 e. The van der Waals surface area contributed by atoms with E-state index in [-0.39, 0.29) is 0 Å². The van der Waals surface area contributed by atoms with Crippen molar-refractivity contribution in [2.45, 2.75) is 40.0 Å². The smallest absolute Gasteiger partial charge is 0.355 e. The zero-order valence-corrected chi connectivity index (χ0v) is 11.4. The van der Waals surface area contributed by atoms with Crippen molar-refractivity contribution in [3.05, 3.63) is 0 Å². The summed E-state index contributed by atoms with van der Waals surface area (Å²) < 4.78 is 22.0. The molecule has 0 saturated carbocycles. The third-order valence-corrected chi connectivity index (χ3v) is 4.09. The summed E-state index contributed by atoms with van der Waals surface area (Å²) in [4.78, 5) is 0. The van der Waals surface area contributed by atoms with Gasteiger partial charge >= 0.3 is 9.05 Å². The summed E-state index contributed by atoms with van der Waals surface area (Å²) in [5, 5.41) is 0. The van der Waals surface area contributed by atoms with Crippen LogP contribution in [0.3, 0.4) is 0 Å². The fourth-order valence-corrected chi connectivity index (χ4v) is 2.85. The van der Waals surface area contributed by atoms with Crippen molar-refractivity contribution in [3.63, 3.8) is 0 Å². The van der Waals surface area contributed by atoms with Crippen LogP contribution in [0, 0.1) is 0 Å². The molecular formula is C10H24O4Si. The third kappa shape index (κ3) is 6.27. The minimum atomic E-state index is -2.83. The highest BCUT2D eigenvalue weighted by atomic mass is 28.4. The SMILES string of the molecule is CCCCO[Si](OC)(OCC)OCCC. The monoisotopic (exact) mass is 236 g/mol. The Morgan fingerprint density at radius 3 is 2.00 bits per heavy atom. The summed E-state index contributed by atoms with van der Waals surface area (Å²) in [5.74, 6) is 0. The highest BCUT2D eigenvalue weighted by Gasteiger charge is 2.43. The van der Waals surface area contributed by atoms with E-state index < -0.39 is 9.05 Å². The Labute approximate surface area is 94.4 Å². The molecule has 0 aliphatic carbocycles. The predicted octanol–water partition coefficient (Wildman–Crippen LogP) is 2.35. The molecule has 0 aliphatic heterocycles. The molecule has 15 heavy (non-hydrogen) atoms. The van der Waals surface area contributed by atoms with Crippen LogP contribution < -0.4 is 0 Å². The summed E-state index contributed by atoms with van der Waals surface area (Å²) in [6.45, 7) is 7.89. The van der Waals surface area contributed by atoms with Crippen molar-refractivity contribution >= 4 is 9.05 Å². The number of rotatable bonds is 10. The lowest BCUT2D eigenvalue weighted by Crippen LogP contribution is -2.48. The van der Waals surface area contributed by atoms with Gasteiger partial charge in [0.1, 0.15) is 0 Å². The summed E-state index contributed by atoms with van der Waals surface area (Å²) in [6.07, 6.45) is 3.02. The molecular weight excluding hydrogens is 212 g/mol. The minimum absolute atomic E-state index is 0.551. The maximum absolute atomic E-state index is 5.63. The first-order valence-electron chi connectivity index (χ1n) is 5.71. The summed E-state index contributed by atoms with van der Waals surface area (Å²) in [7, 11) is -1.24. The fraction of sp³-hybridized carbons (Fsp3) is 1.00. The second kappa shape index (κ2) is 9.29. The van der Waals surface area contributed by atoms with Crippen molar-refractivity contribution in [1.29, 1.82) is 0 Å². The Balaban J connectivity index is 4.09. The Morgan fingerprint density at radius 2 is 1.53 bits per heavy atom. The molecule has 4 nitrogen and oxygen atoms in total. The normalized spacial score (nSPS) is 15.2. The first-order valence-corrected chi connectivity index (χ1v) is 7.35. The highest BCUT2D eigenvalue weighted by molar-refractivity contribution is 6.53. The Kier molecular flexibility index (Phi) is 9.33. The lowest BCUT2D eigenvalue weighted by molar-refractivity contribution is -0.0202. The van der Waals surface area contributed by atoms with Crippen molar-refractivity contribution in [3.8, 4) is 0 Å². The van der Waals surface area contributed by atoms with Crippen molar-refractivity contribution in [1.82, 2.24) is 0 Å². The van der Waals surface area contributed by atoms with Crippen LogP contribution in [0.5, 0.6) is 0 Å². The number of hydrogen-bond donors (Lipinski definition) is 0. The second-order valence-corrected chi connectivity index (χ2v) is 5.46. The van der Waals surface area contributed by atoms with Crippen LogP contribution in [-0.2, 0) is 17.7 Å². The average Bonchev–Trinajstić information content (AvgIpc) is 2.26. The maximum atomic E-state index is 5.63. The van der Waals surface area contributed by atoms with Gasteiger partial charge in [-0.05, 0) is 19.8 Å². The van der Waals surface area contributed by atoms with E-state index in [4.69, 9.17) is 17.7 Å². The van der Waals surface area contributed by atoms with Gasteiger partial charge in [0, 0.05) is 26.9 Å². The molecule has 0 aromatic heterocycles. The van der Waals surface area contributed by atoms with Crippen LogP contribution in [-0.4, -0.2) is 36.0 Å². The lowest BCUT2D eigenvalue weighted by Gasteiger charge is -2.25. The van der Waals surface area contributed by atoms with Gasteiger partial charge in [0.15, 0.2) is 0 Å². The first-order chi connectivity index (χ1) is 7.24. The van der Waals surface area contributed by atoms with E-state index in [0.29, 0.717) is 19.8 Å². The highest BCUT2D eigenvalue weighted by Crippen LogP contribution is 2.12. The Bertz CT molecular complexity index is 145. The van der Waals surface area contributed by atoms with Crippen LogP contribution in [0.25, 0.3) is 0 Å². The predicted molar refractivity (Wildman–Crippen MR) is 61.5 cm³/mol. The molecule has 0 radical (unpaired) electrons. The summed E-state index contributed by atoms with van der Waals surface area (Å²) >= 11 is 0. The van der Waals surface area contributed by atoms with Gasteiger partial charge in [-0.15, -0.1) is 0 Å². The molecule has 0 heterocycles. The molecule has 0 aliphatic rings. The number of unbranched alkanes of at least 4 members (excludes halogenated alkanes) is 1. The van der Waals surface area contributed by atoms with Gasteiger partial charge in [0.05, 0.1) is 0 Å². The van der Waals surface area contributed by atoms with Gasteiger partial charge in [-0.2, -0.15) is 0 Å². The Morgan fingerprint density at radius 1 is 0.867 bits per heavy atom. The van der Waals surface area contributed by atoms with Crippen molar-refractivity contribution in [2.75, 3.05) is 26.9 Å². The van der Waals surface area contributed by atoms with E-state index in [9.17, 15) is 0 Å². The van der Waals surface area contributed by atoms with E-state index in [0.717, 1.165) is 19.3 Å². The topological polar surface area (TPSA) is 36.9 Å². The van der Waals surface area contributed by atoms with E-state index in [1.54, 1.807) is 7.11 Å². The zero-order chi connectivity index (χ0) is 11.6. The van der Waals surface area contributed by atoms with Crippen molar-refractivity contribution < 1.29 is 17.7 Å². The molecule has 0 spiro atoms. The van der Waals surface area contributed by atoms with E-state index >= 15 is 0 Å². The quantitative estimate of drug-likeness (QED) is 0.431. The molecule has 0 N–H and O–H groups in total. The molecule has 0 amide bonds. The van der Waals surface area contributed by atoms with Gasteiger partial charge in [0.25, 0.3) is 0 Å². The van der Waals surface area contributed by atoms with E-state index in [1.807, 2.05) is 13.8 Å². The van der Waals surface area contributed by atoms with Gasteiger partial charge in [-0.3, -0.25) is 0 Å². The zero-order valence-electron chi connectivity index (χ0n) is 10.4. The van der Waals surface area contributed by atoms with Gasteiger partial charge in [-0.25, -0.2) is 0 Å². The molecule has 5 heteroatoms. The van der Waals surface area contributed by atoms with Gasteiger partial charge in [0.2, 0.25) is 0 Å². The van der Waals surface area contributed by atoms with Crippen LogP contribution in [0.2, 0.25) is 0 Å². The number of hydrogen-bond acceptors (Lipinski definition) is 4. The molecule has 0 aromatic rings. The maximum Gasteiger partial charge on any atom is 0.679 e. The molecule has 1 unspecified atom stereocenters. The van der Waals surface area contributed by atoms with Crippen molar-refractivity contribution in [2.24, 2.45) is 0 Å². The molecule has 92 valence electrons. The summed E-state index contributed by atoms with van der Waals surface area (Å²) in [5.41, 5.74) is 0. The van der Waals surface area contributed by atoms with Crippen LogP contribution in [0.4, 0.5) is 0 Å². The molecule has 0 fully saturated rings. The van der Waals surface area contributed by atoms with Gasteiger partial charge < -0.3 is 17.7 Å². The molecule has 0 aromatic carbocycles. The van der Waals surface area contributed by atoms with E-state index in [1.165, 1.54) is 0 Å². The molecule has 0 saturated heterocycles. The van der Waals surface area contributed by atoms with E-state index in [2.05, 4.69) is 6.92 Å². The van der Waals surface area contributed by atoms with Crippen LogP contribution in [0.1, 0.15) is 40.0 Å². The first kappa shape index (κ1) is 15.1. The van der Waals surface area contributed by atoms with Crippen LogP contribution in [0.15, 0.2) is 0 Å². The standard InChI is InChI=1S/C10H24O4Si/c1-5-8-10-14-15(11-4,12-7-3)13-9-6-2/h5-10H2,1-4H3. The summed E-state index contributed by atoms with van der Waals surface area (Å²) in [6, 6.07) is 0. The van der Waals surface area contributed by atoms with Gasteiger partial charge in [-0.1, -0.05) is 20.3 Å². The molecule has 0 rings (SSSR count). The third-order valence-electron chi connectivity index (χ3n) is 1.83. The van der Waals surface area contributed by atoms with Crippen LogP contribution >= 0.6 is 0 Å². The molecule has 0 bridgehead atoms. The fourth-order valence-electron chi connectivity index (χ4n) is 1.05. The molecule has 1 atom stereocenters. The lowest BCUT2D eigenvalue weighted by atomic mass is 10.4. The average molecular weight is 236 g/mol. The second-order valence-electron chi connectivity index (χ2n) is 3.19. The Hall–Kier alpha value is 0.0569.